The second kappa shape index (κ2) is 8.09. The molecule has 1 aliphatic carbocycles. The third kappa shape index (κ3) is 5.80. The summed E-state index contributed by atoms with van der Waals surface area (Å²) in [5, 5.41) is 4.66. The predicted molar refractivity (Wildman–Crippen MR) is 82.9 cm³/mol. The molecule has 1 aliphatic rings. The lowest BCUT2D eigenvalue weighted by Crippen LogP contribution is -2.45. The van der Waals surface area contributed by atoms with E-state index < -0.39 is 29.8 Å². The lowest BCUT2D eigenvalue weighted by Gasteiger charge is -2.13. The summed E-state index contributed by atoms with van der Waals surface area (Å²) >= 11 is 0.360. The number of halogens is 2. The number of alkyl halides is 2. The largest absolute Gasteiger partial charge is 0.449 e. The second-order valence-corrected chi connectivity index (χ2v) is 6.25. The molecule has 1 unspecified atom stereocenters. The highest BCUT2D eigenvalue weighted by Crippen LogP contribution is 2.25. The molecule has 1 aromatic rings. The van der Waals surface area contributed by atoms with Crippen LogP contribution in [0.25, 0.3) is 0 Å². The number of nitrogens with one attached hydrogen (secondary N) is 2. The molecule has 6 nitrogen and oxygen atoms in total. The zero-order chi connectivity index (χ0) is 17.7. The highest BCUT2D eigenvalue weighted by Gasteiger charge is 2.26. The monoisotopic (exact) mass is 358 g/mol. The van der Waals surface area contributed by atoms with Crippen molar-refractivity contribution in [3.05, 3.63) is 29.8 Å². The van der Waals surface area contributed by atoms with Crippen LogP contribution in [0.3, 0.4) is 0 Å². The van der Waals surface area contributed by atoms with Gasteiger partial charge in [-0.05, 0) is 44.0 Å². The fourth-order valence-corrected chi connectivity index (χ4v) is 2.22. The third-order valence-corrected chi connectivity index (χ3v) is 3.84. The molecule has 0 spiro atoms. The molecule has 0 aromatic heterocycles. The summed E-state index contributed by atoms with van der Waals surface area (Å²) in [5.74, 6) is -4.08. The van der Waals surface area contributed by atoms with E-state index in [4.69, 9.17) is 4.74 Å². The second-order valence-electron chi connectivity index (χ2n) is 5.19. The van der Waals surface area contributed by atoms with Gasteiger partial charge in [0.25, 0.3) is 11.7 Å². The number of urea groups is 1. The van der Waals surface area contributed by atoms with Gasteiger partial charge in [0.05, 0.1) is 5.56 Å². The van der Waals surface area contributed by atoms with Crippen molar-refractivity contribution >= 4 is 29.7 Å². The Kier molecular flexibility index (Phi) is 6.13. The van der Waals surface area contributed by atoms with Gasteiger partial charge in [-0.1, -0.05) is 11.8 Å². The molecular weight excluding hydrogens is 342 g/mol. The molecule has 1 fully saturated rings. The van der Waals surface area contributed by atoms with Crippen LogP contribution < -0.4 is 10.6 Å². The van der Waals surface area contributed by atoms with Crippen molar-refractivity contribution < 1.29 is 27.9 Å². The van der Waals surface area contributed by atoms with Crippen molar-refractivity contribution in [1.29, 1.82) is 0 Å². The maximum Gasteiger partial charge on any atom is 0.338 e. The quantitative estimate of drug-likeness (QED) is 0.603. The Bertz CT molecular complexity index is 620. The van der Waals surface area contributed by atoms with E-state index in [-0.39, 0.29) is 11.6 Å². The summed E-state index contributed by atoms with van der Waals surface area (Å²) in [7, 11) is 0. The Morgan fingerprint density at radius 1 is 1.21 bits per heavy atom. The SMILES string of the molecule is CC(OC(=O)c1ccc(SC(F)F)cc1)C(=O)NC(=O)NC1CC1. The van der Waals surface area contributed by atoms with Crippen LogP contribution in [-0.2, 0) is 9.53 Å². The summed E-state index contributed by atoms with van der Waals surface area (Å²) in [6.07, 6.45) is 0.593. The van der Waals surface area contributed by atoms with Crippen molar-refractivity contribution in [2.24, 2.45) is 0 Å². The molecule has 0 saturated heterocycles. The summed E-state index contributed by atoms with van der Waals surface area (Å²) in [4.78, 5) is 35.4. The molecule has 2 rings (SSSR count). The lowest BCUT2D eigenvalue weighted by atomic mass is 10.2. The van der Waals surface area contributed by atoms with Crippen LogP contribution >= 0.6 is 11.8 Å². The standard InChI is InChI=1S/C15H16F2N2O4S/c1-8(12(20)19-15(22)18-10-4-5-10)23-13(21)9-2-6-11(7-3-9)24-14(16)17/h2-3,6-8,10,14H,4-5H2,1H3,(H2,18,19,20,22). The van der Waals surface area contributed by atoms with E-state index in [9.17, 15) is 23.2 Å². The number of carbonyl (C=O) groups is 3. The van der Waals surface area contributed by atoms with Gasteiger partial charge in [-0.15, -0.1) is 0 Å². The van der Waals surface area contributed by atoms with Crippen LogP contribution in [0.5, 0.6) is 0 Å². The molecule has 0 bridgehead atoms. The van der Waals surface area contributed by atoms with E-state index in [0.29, 0.717) is 16.7 Å². The molecule has 1 saturated carbocycles. The van der Waals surface area contributed by atoms with Gasteiger partial charge in [-0.2, -0.15) is 8.78 Å². The van der Waals surface area contributed by atoms with E-state index in [1.807, 2.05) is 0 Å². The van der Waals surface area contributed by atoms with Crippen LogP contribution in [0.15, 0.2) is 29.2 Å². The van der Waals surface area contributed by atoms with Gasteiger partial charge in [-0.25, -0.2) is 9.59 Å². The Balaban J connectivity index is 1.83. The van der Waals surface area contributed by atoms with Crippen molar-refractivity contribution in [3.63, 3.8) is 0 Å². The van der Waals surface area contributed by atoms with Gasteiger partial charge in [0.2, 0.25) is 0 Å². The number of thioether (sulfide) groups is 1. The zero-order valence-corrected chi connectivity index (χ0v) is 13.6. The molecule has 130 valence electrons. The highest BCUT2D eigenvalue weighted by atomic mass is 32.2. The Hall–Kier alpha value is -2.16. The number of imide groups is 1. The van der Waals surface area contributed by atoms with E-state index >= 15 is 0 Å². The Morgan fingerprint density at radius 2 is 1.83 bits per heavy atom. The minimum absolute atomic E-state index is 0.0975. The number of ether oxygens (including phenoxy) is 1. The summed E-state index contributed by atoms with van der Waals surface area (Å²) < 4.78 is 29.4. The number of hydrogen-bond donors (Lipinski definition) is 2. The molecule has 0 aliphatic heterocycles. The Morgan fingerprint density at radius 3 is 2.38 bits per heavy atom. The van der Waals surface area contributed by atoms with Gasteiger partial charge in [0, 0.05) is 10.9 Å². The third-order valence-electron chi connectivity index (χ3n) is 3.12. The number of amides is 3. The maximum atomic E-state index is 12.2. The first-order chi connectivity index (χ1) is 11.3. The maximum absolute atomic E-state index is 12.2. The van der Waals surface area contributed by atoms with Crippen molar-refractivity contribution in [2.45, 2.75) is 42.6 Å². The van der Waals surface area contributed by atoms with Crippen LogP contribution in [0.4, 0.5) is 13.6 Å². The number of carbonyl (C=O) groups excluding carboxylic acids is 3. The van der Waals surface area contributed by atoms with E-state index in [0.717, 1.165) is 12.8 Å². The van der Waals surface area contributed by atoms with Crippen molar-refractivity contribution in [3.8, 4) is 0 Å². The molecule has 9 heteroatoms. The predicted octanol–water partition coefficient (Wildman–Crippen LogP) is 2.53. The van der Waals surface area contributed by atoms with Gasteiger partial charge in [0.1, 0.15) is 0 Å². The summed E-state index contributed by atoms with van der Waals surface area (Å²) in [6.45, 7) is 1.33. The average Bonchev–Trinajstić information content (AvgIpc) is 3.30. The smallest absolute Gasteiger partial charge is 0.338 e. The first-order valence-corrected chi connectivity index (χ1v) is 8.10. The number of hydrogen-bond acceptors (Lipinski definition) is 5. The zero-order valence-electron chi connectivity index (χ0n) is 12.8. The van der Waals surface area contributed by atoms with Crippen LogP contribution in [0, 0.1) is 0 Å². The molecule has 2 N–H and O–H groups in total. The fourth-order valence-electron chi connectivity index (χ4n) is 1.72. The molecule has 0 heterocycles. The summed E-state index contributed by atoms with van der Waals surface area (Å²) in [5.41, 5.74) is 0.121. The topological polar surface area (TPSA) is 84.5 Å². The average molecular weight is 358 g/mol. The van der Waals surface area contributed by atoms with Gasteiger partial charge in [-0.3, -0.25) is 10.1 Å². The van der Waals surface area contributed by atoms with E-state index in [1.165, 1.54) is 31.2 Å². The normalized spacial score (nSPS) is 14.8. The van der Waals surface area contributed by atoms with Crippen LogP contribution in [0.2, 0.25) is 0 Å². The van der Waals surface area contributed by atoms with Crippen molar-refractivity contribution in [2.75, 3.05) is 0 Å². The minimum Gasteiger partial charge on any atom is -0.449 e. The van der Waals surface area contributed by atoms with E-state index in [2.05, 4.69) is 10.6 Å². The summed E-state index contributed by atoms with van der Waals surface area (Å²) in [6, 6.07) is 4.86. The molecule has 1 atom stereocenters. The molecule has 24 heavy (non-hydrogen) atoms. The molecular formula is C15H16F2N2O4S. The fraction of sp³-hybridized carbons (Fsp3) is 0.400. The lowest BCUT2D eigenvalue weighted by molar-refractivity contribution is -0.127. The molecule has 3 amide bonds. The first-order valence-electron chi connectivity index (χ1n) is 7.22. The number of esters is 1. The number of rotatable bonds is 6. The Labute approximate surface area is 141 Å². The molecule has 0 radical (unpaired) electrons. The minimum atomic E-state index is -2.55. The van der Waals surface area contributed by atoms with E-state index in [1.54, 1.807) is 0 Å². The van der Waals surface area contributed by atoms with Crippen LogP contribution in [0.1, 0.15) is 30.1 Å². The van der Waals surface area contributed by atoms with Crippen molar-refractivity contribution in [1.82, 2.24) is 10.6 Å². The highest BCUT2D eigenvalue weighted by molar-refractivity contribution is 7.99. The van der Waals surface area contributed by atoms with Gasteiger partial charge >= 0.3 is 12.0 Å². The molecule has 1 aromatic carbocycles. The number of benzene rings is 1. The van der Waals surface area contributed by atoms with Gasteiger partial charge < -0.3 is 10.1 Å². The first kappa shape index (κ1) is 18.2. The van der Waals surface area contributed by atoms with Crippen LogP contribution in [-0.4, -0.2) is 35.8 Å². The van der Waals surface area contributed by atoms with Gasteiger partial charge in [0.15, 0.2) is 6.10 Å².